The van der Waals surface area contributed by atoms with Crippen LogP contribution in [0.3, 0.4) is 0 Å². The van der Waals surface area contributed by atoms with Crippen LogP contribution in [0.4, 0.5) is 9.93 Å². The third-order valence-electron chi connectivity index (χ3n) is 13.3. The molecule has 4 heterocycles. The predicted molar refractivity (Wildman–Crippen MR) is 254 cm³/mol. The highest BCUT2D eigenvalue weighted by atomic mass is 32.2. The first kappa shape index (κ1) is 47.7. The number of urea groups is 1. The number of allylic oxidation sites excluding steroid dienone is 1. The molecule has 0 radical (unpaired) electrons. The van der Waals surface area contributed by atoms with Crippen LogP contribution in [0, 0.1) is 11.8 Å². The van der Waals surface area contributed by atoms with E-state index in [0.717, 1.165) is 37.2 Å². The molecule has 6 atom stereocenters. The number of amides is 4. The number of nitrogens with one attached hydrogen (secondary N) is 4. The molecule has 4 amide bonds. The summed E-state index contributed by atoms with van der Waals surface area (Å²) in [6.07, 6.45) is 8.98. The maximum absolute atomic E-state index is 15.0. The van der Waals surface area contributed by atoms with Crippen LogP contribution in [-0.4, -0.2) is 120 Å². The fraction of sp³-hybridized carbons (Fsp3) is 0.500. The number of carboxylic acid groups (broad SMARTS) is 1. The molecular weight excluding hydrogens is 897 g/mol. The number of sulfonamides is 1. The smallest absolute Gasteiger partial charge is 0.330 e. The molecule has 1 unspecified atom stereocenters. The largest absolute Gasteiger partial charge is 0.497 e. The van der Waals surface area contributed by atoms with Gasteiger partial charge in [-0.05, 0) is 82.6 Å². The Labute approximate surface area is 395 Å². The van der Waals surface area contributed by atoms with Gasteiger partial charge in [-0.25, -0.2) is 28.0 Å². The van der Waals surface area contributed by atoms with Gasteiger partial charge in [-0.3, -0.25) is 9.59 Å². The van der Waals surface area contributed by atoms with Gasteiger partial charge in [0.15, 0.2) is 5.13 Å². The monoisotopic (exact) mass is 956 g/mol. The van der Waals surface area contributed by atoms with Crippen molar-refractivity contribution in [2.24, 2.45) is 11.8 Å². The fourth-order valence-electron chi connectivity index (χ4n) is 9.23. The number of thiazole rings is 1. The van der Waals surface area contributed by atoms with Crippen LogP contribution in [0.2, 0.25) is 0 Å². The number of hydrogen-bond donors (Lipinski definition) is 5. The number of rotatable bonds is 14. The first-order chi connectivity index (χ1) is 32.1. The van der Waals surface area contributed by atoms with Crippen LogP contribution in [0.1, 0.15) is 78.1 Å². The van der Waals surface area contributed by atoms with Crippen molar-refractivity contribution in [2.45, 2.75) is 119 Å². The quantitative estimate of drug-likeness (QED) is 0.0896. The number of aromatic nitrogens is 2. The Hall–Kier alpha value is -5.79. The number of pyridine rings is 1. The SMILES string of the molecule is COc1ccc2c(O[C@@H]3C[C@H]4C(=O)N[C@]5(C(=O)O)CC5/C=C\CCCCC[C@@H](NC(=O)N[C@H](CN(C)S(=O)(=O)c5ccccc5)C5CCC5)C(=O)N4C3)cc(-c3csc(NC(C)C)n3)nc2c1. The van der Waals surface area contributed by atoms with Crippen molar-refractivity contribution in [3.05, 3.63) is 72.1 Å². The molecule has 4 aliphatic rings. The highest BCUT2D eigenvalue weighted by molar-refractivity contribution is 7.89. The molecule has 0 bridgehead atoms. The summed E-state index contributed by atoms with van der Waals surface area (Å²) in [7, 11) is -0.785. The number of benzene rings is 2. The average molecular weight is 957 g/mol. The van der Waals surface area contributed by atoms with Gasteiger partial charge >= 0.3 is 12.0 Å². The van der Waals surface area contributed by atoms with Crippen molar-refractivity contribution >= 4 is 61.2 Å². The summed E-state index contributed by atoms with van der Waals surface area (Å²) < 4.78 is 40.6. The van der Waals surface area contributed by atoms with Crippen molar-refractivity contribution in [3.63, 3.8) is 0 Å². The minimum Gasteiger partial charge on any atom is -0.497 e. The standard InChI is InChI=1S/C48H60N8O9S2/c1-29(2)49-47-53-40(28-66-47)38-24-42(35-21-20-32(64-4)22-37(35)50-38)65-33-23-41-43(57)54-48(45(59)60)25-31(48)16-9-6-5-7-12-19-36(44(58)56(41)26-33)51-46(61)52-39(30-14-13-15-30)27-55(3)67(62,63)34-17-10-8-11-18-34/h8-11,16-18,20-22,24,28-31,33,36,39,41H,5-7,12-15,19,23,25-27H2,1-4H3,(H,49,53)(H,54,57)(H,59,60)(H2,51,52,61)/b16-9-/t31?,33-,36-,39-,41+,48-/m1/s1. The van der Waals surface area contributed by atoms with E-state index in [9.17, 15) is 32.7 Å². The second-order valence-electron chi connectivity index (χ2n) is 18.4. The molecule has 2 saturated carbocycles. The Morgan fingerprint density at radius 3 is 2.54 bits per heavy atom. The molecule has 0 spiro atoms. The van der Waals surface area contributed by atoms with Crippen molar-refractivity contribution in [1.82, 2.24) is 35.1 Å². The van der Waals surface area contributed by atoms with Gasteiger partial charge in [-0.2, -0.15) is 4.31 Å². The number of nitrogens with zero attached hydrogens (tertiary/aromatic N) is 4. The van der Waals surface area contributed by atoms with Crippen LogP contribution < -0.4 is 30.7 Å². The lowest BCUT2D eigenvalue weighted by Crippen LogP contribution is -2.59. The van der Waals surface area contributed by atoms with E-state index in [0.29, 0.717) is 46.6 Å². The highest BCUT2D eigenvalue weighted by Gasteiger charge is 2.61. The molecule has 19 heteroatoms. The van der Waals surface area contributed by atoms with E-state index in [1.54, 1.807) is 43.5 Å². The van der Waals surface area contributed by atoms with Gasteiger partial charge < -0.3 is 40.7 Å². The summed E-state index contributed by atoms with van der Waals surface area (Å²) in [5, 5.41) is 25.8. The van der Waals surface area contributed by atoms with E-state index in [1.165, 1.54) is 39.7 Å². The van der Waals surface area contributed by atoms with E-state index in [4.69, 9.17) is 19.4 Å². The number of carboxylic acids is 1. The lowest BCUT2D eigenvalue weighted by Gasteiger charge is -2.36. The summed E-state index contributed by atoms with van der Waals surface area (Å²) in [5.74, 6) is -1.62. The summed E-state index contributed by atoms with van der Waals surface area (Å²) in [4.78, 5) is 67.5. The van der Waals surface area contributed by atoms with Gasteiger partial charge in [0.05, 0.1) is 29.8 Å². The number of carbonyl (C=O) groups excluding carboxylic acids is 3. The zero-order chi connectivity index (χ0) is 47.5. The minimum absolute atomic E-state index is 0.0256. The van der Waals surface area contributed by atoms with E-state index in [1.807, 2.05) is 37.4 Å². The van der Waals surface area contributed by atoms with Crippen LogP contribution in [0.5, 0.6) is 11.5 Å². The third-order valence-corrected chi connectivity index (χ3v) is 15.9. The Bertz CT molecular complexity index is 2610. The number of hydrogen-bond acceptors (Lipinski definition) is 12. The third kappa shape index (κ3) is 10.7. The van der Waals surface area contributed by atoms with Crippen LogP contribution in [-0.2, 0) is 24.4 Å². The molecule has 67 heavy (non-hydrogen) atoms. The first-order valence-corrected chi connectivity index (χ1v) is 25.5. The van der Waals surface area contributed by atoms with Crippen LogP contribution in [0.15, 0.2) is 77.0 Å². The molecule has 1 saturated heterocycles. The van der Waals surface area contributed by atoms with Crippen LogP contribution >= 0.6 is 11.3 Å². The molecule has 2 aliphatic heterocycles. The van der Waals surface area contributed by atoms with Crippen molar-refractivity contribution in [2.75, 3.05) is 32.6 Å². The lowest BCUT2D eigenvalue weighted by atomic mass is 9.79. The number of methoxy groups -OCH3 is 1. The van der Waals surface area contributed by atoms with Gasteiger partial charge in [0.1, 0.15) is 40.9 Å². The average Bonchev–Trinajstić information content (AvgIpc) is 3.54. The topological polar surface area (TPSA) is 221 Å². The molecular formula is C48H60N8O9S2. The minimum atomic E-state index is -3.85. The molecule has 8 rings (SSSR count). The van der Waals surface area contributed by atoms with E-state index in [2.05, 4.69) is 21.3 Å². The predicted octanol–water partition coefficient (Wildman–Crippen LogP) is 6.17. The number of aliphatic carboxylic acids is 1. The normalized spacial score (nSPS) is 24.6. The lowest BCUT2D eigenvalue weighted by molar-refractivity contribution is -0.145. The molecule has 358 valence electrons. The summed E-state index contributed by atoms with van der Waals surface area (Å²) >= 11 is 1.45. The molecule has 5 N–H and O–H groups in total. The first-order valence-electron chi connectivity index (χ1n) is 23.1. The van der Waals surface area contributed by atoms with Gasteiger partial charge in [0.2, 0.25) is 21.8 Å². The zero-order valence-electron chi connectivity index (χ0n) is 38.3. The van der Waals surface area contributed by atoms with Gasteiger partial charge in [-0.15, -0.1) is 11.3 Å². The molecule has 2 aliphatic carbocycles. The molecule has 4 aromatic rings. The Kier molecular flexibility index (Phi) is 14.4. The molecule has 2 aromatic heterocycles. The van der Waals surface area contributed by atoms with E-state index < -0.39 is 69.5 Å². The maximum Gasteiger partial charge on any atom is 0.330 e. The van der Waals surface area contributed by atoms with Crippen molar-refractivity contribution < 1.29 is 42.2 Å². The molecule has 3 fully saturated rings. The van der Waals surface area contributed by atoms with Crippen molar-refractivity contribution in [3.8, 4) is 22.9 Å². The Balaban J connectivity index is 1.07. The number of anilines is 1. The van der Waals surface area contributed by atoms with Crippen molar-refractivity contribution in [1.29, 1.82) is 0 Å². The highest BCUT2D eigenvalue weighted by Crippen LogP contribution is 2.46. The van der Waals surface area contributed by atoms with Gasteiger partial charge in [-0.1, -0.05) is 49.6 Å². The maximum atomic E-state index is 15.0. The number of ether oxygens (including phenoxy) is 2. The molecule has 17 nitrogen and oxygen atoms in total. The summed E-state index contributed by atoms with van der Waals surface area (Å²) in [5.41, 5.74) is 0.235. The molecule has 2 aromatic carbocycles. The Morgan fingerprint density at radius 1 is 1.03 bits per heavy atom. The number of carbonyl (C=O) groups is 4. The fourth-order valence-corrected chi connectivity index (χ4v) is 11.3. The Morgan fingerprint density at radius 2 is 1.82 bits per heavy atom. The second-order valence-corrected chi connectivity index (χ2v) is 21.3. The number of likely N-dealkylation sites (N-methyl/N-ethyl adjacent to an activating group) is 1. The van der Waals surface area contributed by atoms with E-state index >= 15 is 0 Å². The van der Waals surface area contributed by atoms with E-state index in [-0.39, 0.29) is 49.2 Å². The summed E-state index contributed by atoms with van der Waals surface area (Å²) in [6.45, 7) is 4.04. The van der Waals surface area contributed by atoms with Gasteiger partial charge in [0.25, 0.3) is 0 Å². The van der Waals surface area contributed by atoms with Crippen LogP contribution in [0.25, 0.3) is 22.3 Å². The summed E-state index contributed by atoms with van der Waals surface area (Å²) in [6, 6.07) is 12.1. The van der Waals surface area contributed by atoms with Gasteiger partial charge in [0, 0.05) is 60.9 Å². The number of fused-ring (bicyclic) bond motifs is 3. The zero-order valence-corrected chi connectivity index (χ0v) is 39.9. The second kappa shape index (κ2) is 20.2.